The van der Waals surface area contributed by atoms with Crippen molar-refractivity contribution in [3.05, 3.63) is 28.3 Å². The lowest BCUT2D eigenvalue weighted by Crippen LogP contribution is -2.37. The van der Waals surface area contributed by atoms with Crippen LogP contribution in [0.25, 0.3) is 11.5 Å². The zero-order valence-electron chi connectivity index (χ0n) is 14.4. The van der Waals surface area contributed by atoms with E-state index in [1.807, 2.05) is 6.92 Å². The van der Waals surface area contributed by atoms with Crippen LogP contribution in [0.3, 0.4) is 0 Å². The van der Waals surface area contributed by atoms with Crippen molar-refractivity contribution in [1.82, 2.24) is 9.88 Å². The first-order chi connectivity index (χ1) is 11.8. The molecule has 130 valence electrons. The Morgan fingerprint density at radius 2 is 2.17 bits per heavy atom. The molecule has 3 heterocycles. The highest BCUT2D eigenvalue weighted by atomic mass is 32.1. The normalized spacial score (nSPS) is 21.5. The number of hydrogen-bond donors (Lipinski definition) is 0. The molecule has 1 aliphatic carbocycles. The lowest BCUT2D eigenvalue weighted by Gasteiger charge is -2.33. The van der Waals surface area contributed by atoms with Crippen molar-refractivity contribution in [1.29, 1.82) is 0 Å². The molecule has 1 saturated carbocycles. The molecule has 0 aromatic carbocycles. The van der Waals surface area contributed by atoms with Crippen LogP contribution >= 0.6 is 11.3 Å². The third-order valence-electron chi connectivity index (χ3n) is 5.26. The summed E-state index contributed by atoms with van der Waals surface area (Å²) in [6.45, 7) is 6.02. The van der Waals surface area contributed by atoms with Gasteiger partial charge >= 0.3 is 0 Å². The van der Waals surface area contributed by atoms with Gasteiger partial charge in [-0.1, -0.05) is 6.42 Å². The molecule has 2 aromatic rings. The Morgan fingerprint density at radius 1 is 1.25 bits per heavy atom. The highest BCUT2D eigenvalue weighted by Gasteiger charge is 2.26. The van der Waals surface area contributed by atoms with E-state index in [0.717, 1.165) is 48.5 Å². The predicted molar refractivity (Wildman–Crippen MR) is 96.1 cm³/mol. The van der Waals surface area contributed by atoms with Crippen molar-refractivity contribution in [3.63, 3.8) is 0 Å². The van der Waals surface area contributed by atoms with Gasteiger partial charge in [0, 0.05) is 37.2 Å². The molecular weight excluding hydrogens is 320 g/mol. The molecule has 1 atom stereocenters. The maximum atomic E-state index is 5.91. The Hall–Kier alpha value is -1.17. The van der Waals surface area contributed by atoms with Crippen LogP contribution in [0.15, 0.2) is 21.2 Å². The number of thiophene rings is 1. The number of rotatable bonds is 7. The Morgan fingerprint density at radius 3 is 2.83 bits per heavy atom. The maximum absolute atomic E-state index is 5.91. The molecule has 1 saturated heterocycles. The van der Waals surface area contributed by atoms with Gasteiger partial charge in [0.25, 0.3) is 0 Å². The van der Waals surface area contributed by atoms with Crippen LogP contribution in [0, 0.1) is 12.8 Å². The first-order valence-corrected chi connectivity index (χ1v) is 10.0. The van der Waals surface area contributed by atoms with Gasteiger partial charge in [0.1, 0.15) is 5.76 Å². The second-order valence-electron chi connectivity index (χ2n) is 7.16. The van der Waals surface area contributed by atoms with E-state index in [0.29, 0.717) is 6.10 Å². The van der Waals surface area contributed by atoms with Gasteiger partial charge in [-0.25, -0.2) is 4.98 Å². The third-order valence-corrected chi connectivity index (χ3v) is 5.94. The van der Waals surface area contributed by atoms with Crippen LogP contribution in [-0.4, -0.2) is 35.7 Å². The molecule has 0 bridgehead atoms. The van der Waals surface area contributed by atoms with Crippen LogP contribution in [0.1, 0.15) is 43.6 Å². The standard InChI is InChI=1S/C19H26N2O2S/c1-14-18(20-19(23-14)16-7-9-24-13-16)12-21(10-15-4-2-5-15)11-17-6-3-8-22-17/h7,9,13,15,17H,2-6,8,10-12H2,1H3/t17-/m1/s1. The van der Waals surface area contributed by atoms with E-state index in [2.05, 4.69) is 21.7 Å². The molecule has 5 heteroatoms. The number of aromatic nitrogens is 1. The molecule has 24 heavy (non-hydrogen) atoms. The van der Waals surface area contributed by atoms with Gasteiger partial charge in [-0.2, -0.15) is 11.3 Å². The van der Waals surface area contributed by atoms with E-state index < -0.39 is 0 Å². The molecule has 0 amide bonds. The molecule has 4 nitrogen and oxygen atoms in total. The van der Waals surface area contributed by atoms with Crippen LogP contribution in [0.2, 0.25) is 0 Å². The van der Waals surface area contributed by atoms with Gasteiger partial charge in [-0.15, -0.1) is 0 Å². The first-order valence-electron chi connectivity index (χ1n) is 9.11. The van der Waals surface area contributed by atoms with Crippen molar-refractivity contribution in [2.75, 3.05) is 19.7 Å². The van der Waals surface area contributed by atoms with Gasteiger partial charge in [-0.3, -0.25) is 4.90 Å². The summed E-state index contributed by atoms with van der Waals surface area (Å²) in [6, 6.07) is 2.07. The SMILES string of the molecule is Cc1oc(-c2ccsc2)nc1CN(CC1CCC1)C[C@H]1CCCO1. The average Bonchev–Trinajstić information content (AvgIpc) is 3.25. The quantitative estimate of drug-likeness (QED) is 0.740. The monoisotopic (exact) mass is 346 g/mol. The topological polar surface area (TPSA) is 38.5 Å². The lowest BCUT2D eigenvalue weighted by molar-refractivity contribution is 0.0574. The zero-order chi connectivity index (χ0) is 16.4. The summed E-state index contributed by atoms with van der Waals surface area (Å²) in [5.74, 6) is 2.56. The summed E-state index contributed by atoms with van der Waals surface area (Å²) in [5.41, 5.74) is 2.16. The Labute approximate surface area is 147 Å². The first kappa shape index (κ1) is 16.3. The van der Waals surface area contributed by atoms with Crippen molar-refractivity contribution in [2.45, 2.75) is 51.7 Å². The fourth-order valence-corrected chi connectivity index (χ4v) is 4.25. The average molecular weight is 346 g/mol. The second-order valence-corrected chi connectivity index (χ2v) is 7.94. The molecule has 0 radical (unpaired) electrons. The number of aryl methyl sites for hydroxylation is 1. The summed E-state index contributed by atoms with van der Waals surface area (Å²) in [6.07, 6.45) is 6.93. The zero-order valence-corrected chi connectivity index (χ0v) is 15.2. The van der Waals surface area contributed by atoms with E-state index in [1.54, 1.807) is 11.3 Å². The summed E-state index contributed by atoms with van der Waals surface area (Å²) < 4.78 is 11.8. The van der Waals surface area contributed by atoms with Crippen molar-refractivity contribution in [2.24, 2.45) is 5.92 Å². The van der Waals surface area contributed by atoms with Gasteiger partial charge in [0.2, 0.25) is 5.89 Å². The maximum Gasteiger partial charge on any atom is 0.227 e. The minimum atomic E-state index is 0.397. The Kier molecular flexibility index (Phi) is 5.01. The van der Waals surface area contributed by atoms with Crippen molar-refractivity contribution >= 4 is 11.3 Å². The lowest BCUT2D eigenvalue weighted by atomic mass is 9.85. The molecule has 0 N–H and O–H groups in total. The summed E-state index contributed by atoms with van der Waals surface area (Å²) >= 11 is 1.68. The summed E-state index contributed by atoms with van der Waals surface area (Å²) in [5, 5.41) is 4.16. The smallest absolute Gasteiger partial charge is 0.227 e. The fraction of sp³-hybridized carbons (Fsp3) is 0.632. The van der Waals surface area contributed by atoms with Gasteiger partial charge in [0.05, 0.1) is 11.8 Å². The third kappa shape index (κ3) is 3.73. The number of ether oxygens (including phenoxy) is 1. The van der Waals surface area contributed by atoms with E-state index in [9.17, 15) is 0 Å². The van der Waals surface area contributed by atoms with Crippen LogP contribution in [-0.2, 0) is 11.3 Å². The molecule has 0 unspecified atom stereocenters. The van der Waals surface area contributed by atoms with E-state index in [-0.39, 0.29) is 0 Å². The number of nitrogens with zero attached hydrogens (tertiary/aromatic N) is 2. The van der Waals surface area contributed by atoms with Crippen LogP contribution < -0.4 is 0 Å². The Balaban J connectivity index is 1.46. The Bertz CT molecular complexity index is 642. The number of hydrogen-bond acceptors (Lipinski definition) is 5. The fourth-order valence-electron chi connectivity index (χ4n) is 3.62. The molecule has 1 aliphatic heterocycles. The van der Waals surface area contributed by atoms with Gasteiger partial charge in [0.15, 0.2) is 0 Å². The molecular formula is C19H26N2O2S. The highest BCUT2D eigenvalue weighted by molar-refractivity contribution is 7.08. The largest absolute Gasteiger partial charge is 0.441 e. The number of oxazole rings is 1. The van der Waals surface area contributed by atoms with Gasteiger partial charge in [-0.05, 0) is 50.0 Å². The molecule has 2 aromatic heterocycles. The van der Waals surface area contributed by atoms with Crippen LogP contribution in [0.4, 0.5) is 0 Å². The van der Waals surface area contributed by atoms with E-state index in [4.69, 9.17) is 14.1 Å². The minimum Gasteiger partial charge on any atom is -0.441 e. The second kappa shape index (κ2) is 7.38. The van der Waals surface area contributed by atoms with Crippen LogP contribution in [0.5, 0.6) is 0 Å². The molecule has 2 aliphatic rings. The van der Waals surface area contributed by atoms with Gasteiger partial charge < -0.3 is 9.15 Å². The highest BCUT2D eigenvalue weighted by Crippen LogP contribution is 2.29. The summed E-state index contributed by atoms with van der Waals surface area (Å²) in [4.78, 5) is 7.32. The van der Waals surface area contributed by atoms with Crippen molar-refractivity contribution < 1.29 is 9.15 Å². The predicted octanol–water partition coefficient (Wildman–Crippen LogP) is 4.49. The van der Waals surface area contributed by atoms with E-state index >= 15 is 0 Å². The van der Waals surface area contributed by atoms with E-state index in [1.165, 1.54) is 38.6 Å². The van der Waals surface area contributed by atoms with Crippen molar-refractivity contribution in [3.8, 4) is 11.5 Å². The minimum absolute atomic E-state index is 0.397. The summed E-state index contributed by atoms with van der Waals surface area (Å²) in [7, 11) is 0. The molecule has 2 fully saturated rings. The molecule has 0 spiro atoms. The molecule has 4 rings (SSSR count).